The highest BCUT2D eigenvalue weighted by Gasteiger charge is 2.37. The van der Waals surface area contributed by atoms with E-state index in [1.807, 2.05) is 19.1 Å². The molecule has 0 spiro atoms. The molecule has 0 bridgehead atoms. The molecule has 0 saturated carbocycles. The minimum atomic E-state index is -0.291. The fraction of sp³-hybridized carbons (Fsp3) is 0.417. The average Bonchev–Trinajstić information content (AvgIpc) is 2.54. The van der Waals surface area contributed by atoms with Crippen molar-refractivity contribution < 1.29 is 9.53 Å². The van der Waals surface area contributed by atoms with Crippen molar-refractivity contribution >= 4 is 17.5 Å². The monoisotopic (exact) mass is 239 g/mol. The molecule has 1 atom stereocenters. The summed E-state index contributed by atoms with van der Waals surface area (Å²) >= 11 is 6.05. The molecule has 0 radical (unpaired) electrons. The largest absolute Gasteiger partial charge is 0.357 e. The first kappa shape index (κ1) is 11.4. The number of carbonyl (C=O) groups excluding carboxylic acids is 1. The van der Waals surface area contributed by atoms with Gasteiger partial charge in [0.2, 0.25) is 0 Å². The summed E-state index contributed by atoms with van der Waals surface area (Å²) in [6.45, 7) is 2.72. The Kier molecular flexibility index (Phi) is 3.17. The summed E-state index contributed by atoms with van der Waals surface area (Å²) in [5, 5.41) is 0.503. The number of carbonyl (C=O) groups is 1. The predicted molar refractivity (Wildman–Crippen MR) is 62.5 cm³/mol. The van der Waals surface area contributed by atoms with Crippen LogP contribution in [0.1, 0.15) is 35.5 Å². The zero-order valence-electron chi connectivity index (χ0n) is 9.37. The summed E-state index contributed by atoms with van der Waals surface area (Å²) in [7, 11) is 1.61. The van der Waals surface area contributed by atoms with Gasteiger partial charge >= 0.3 is 0 Å². The van der Waals surface area contributed by atoms with Crippen LogP contribution in [0.4, 0.5) is 0 Å². The second-order valence-corrected chi connectivity index (χ2v) is 4.20. The maximum atomic E-state index is 12.1. The Balaban J connectivity index is 2.47. The van der Waals surface area contributed by atoms with Crippen molar-refractivity contribution in [1.29, 1.82) is 0 Å². The molecule has 2 rings (SSSR count). The lowest BCUT2D eigenvalue weighted by molar-refractivity contribution is -0.0123. The van der Waals surface area contributed by atoms with Crippen LogP contribution in [0.25, 0.3) is 0 Å². The molecule has 3 nitrogen and oxygen atoms in total. The third-order valence-electron chi connectivity index (χ3n) is 2.76. The van der Waals surface area contributed by atoms with E-state index in [1.54, 1.807) is 18.1 Å². The topological polar surface area (TPSA) is 29.5 Å². The standard InChI is InChI=1S/C12H14ClNO2/c1-3-7-14-11(15)10-8(12(14)16-2)5-4-6-9(10)13/h4-6,12H,3,7H2,1-2H3. The second kappa shape index (κ2) is 4.44. The van der Waals surface area contributed by atoms with Gasteiger partial charge in [-0.25, -0.2) is 0 Å². The van der Waals surface area contributed by atoms with Crippen molar-refractivity contribution in [3.8, 4) is 0 Å². The number of benzene rings is 1. The van der Waals surface area contributed by atoms with E-state index < -0.39 is 0 Å². The van der Waals surface area contributed by atoms with Gasteiger partial charge in [0.25, 0.3) is 5.91 Å². The number of methoxy groups -OCH3 is 1. The molecule has 1 aromatic carbocycles. The Morgan fingerprint density at radius 1 is 1.50 bits per heavy atom. The first-order valence-corrected chi connectivity index (χ1v) is 5.70. The summed E-state index contributed by atoms with van der Waals surface area (Å²) in [6, 6.07) is 5.47. The number of hydrogen-bond acceptors (Lipinski definition) is 2. The van der Waals surface area contributed by atoms with E-state index in [1.165, 1.54) is 0 Å². The Morgan fingerprint density at radius 2 is 2.25 bits per heavy atom. The molecule has 0 saturated heterocycles. The Hall–Kier alpha value is -1.06. The fourth-order valence-corrected chi connectivity index (χ4v) is 2.37. The molecule has 1 heterocycles. The van der Waals surface area contributed by atoms with Gasteiger partial charge in [-0.05, 0) is 12.5 Å². The quantitative estimate of drug-likeness (QED) is 0.812. The maximum absolute atomic E-state index is 12.1. The lowest BCUT2D eigenvalue weighted by Crippen LogP contribution is -2.29. The smallest absolute Gasteiger partial charge is 0.258 e. The second-order valence-electron chi connectivity index (χ2n) is 3.79. The van der Waals surface area contributed by atoms with Crippen LogP contribution in [0.2, 0.25) is 5.02 Å². The van der Waals surface area contributed by atoms with Crippen LogP contribution < -0.4 is 0 Å². The zero-order valence-corrected chi connectivity index (χ0v) is 10.1. The molecule has 86 valence electrons. The summed E-state index contributed by atoms with van der Waals surface area (Å²) in [5.41, 5.74) is 1.46. The van der Waals surface area contributed by atoms with E-state index in [0.29, 0.717) is 17.1 Å². The minimum Gasteiger partial charge on any atom is -0.357 e. The first-order chi connectivity index (χ1) is 7.70. The molecular formula is C12H14ClNO2. The van der Waals surface area contributed by atoms with Crippen molar-refractivity contribution in [2.75, 3.05) is 13.7 Å². The van der Waals surface area contributed by atoms with Gasteiger partial charge in [0.1, 0.15) is 0 Å². The minimum absolute atomic E-state index is 0.0331. The van der Waals surface area contributed by atoms with Crippen LogP contribution in [0.3, 0.4) is 0 Å². The number of rotatable bonds is 3. The van der Waals surface area contributed by atoms with Crippen molar-refractivity contribution in [2.24, 2.45) is 0 Å². The maximum Gasteiger partial charge on any atom is 0.258 e. The lowest BCUT2D eigenvalue weighted by atomic mass is 10.1. The van der Waals surface area contributed by atoms with Crippen LogP contribution in [-0.2, 0) is 4.74 Å². The van der Waals surface area contributed by atoms with Crippen molar-refractivity contribution in [3.05, 3.63) is 34.3 Å². The van der Waals surface area contributed by atoms with E-state index in [2.05, 4.69) is 0 Å². The molecule has 4 heteroatoms. The molecule has 1 aromatic rings. The van der Waals surface area contributed by atoms with Gasteiger partial charge < -0.3 is 9.64 Å². The van der Waals surface area contributed by atoms with E-state index in [-0.39, 0.29) is 12.1 Å². The Bertz CT molecular complexity index is 419. The lowest BCUT2D eigenvalue weighted by Gasteiger charge is -2.23. The first-order valence-electron chi connectivity index (χ1n) is 5.32. The molecular weight excluding hydrogens is 226 g/mol. The number of halogens is 1. The number of fused-ring (bicyclic) bond motifs is 1. The van der Waals surface area contributed by atoms with E-state index in [0.717, 1.165) is 12.0 Å². The van der Waals surface area contributed by atoms with Crippen LogP contribution in [0.5, 0.6) is 0 Å². The highest BCUT2D eigenvalue weighted by molar-refractivity contribution is 6.34. The summed E-state index contributed by atoms with van der Waals surface area (Å²) in [4.78, 5) is 13.9. The highest BCUT2D eigenvalue weighted by Crippen LogP contribution is 2.37. The molecule has 1 aliphatic rings. The number of nitrogens with zero attached hydrogens (tertiary/aromatic N) is 1. The molecule has 0 aromatic heterocycles. The molecule has 1 amide bonds. The van der Waals surface area contributed by atoms with Gasteiger partial charge in [0.15, 0.2) is 6.23 Å². The molecule has 0 N–H and O–H groups in total. The predicted octanol–water partition coefficient (Wildman–Crippen LogP) is 2.85. The molecule has 1 unspecified atom stereocenters. The molecule has 0 aliphatic carbocycles. The van der Waals surface area contributed by atoms with Gasteiger partial charge in [0, 0.05) is 19.2 Å². The normalized spacial score (nSPS) is 19.1. The van der Waals surface area contributed by atoms with Crippen LogP contribution in [-0.4, -0.2) is 24.5 Å². The van der Waals surface area contributed by atoms with Crippen LogP contribution >= 0.6 is 11.6 Å². The van der Waals surface area contributed by atoms with Gasteiger partial charge in [-0.15, -0.1) is 0 Å². The molecule has 0 fully saturated rings. The third kappa shape index (κ3) is 1.60. The Morgan fingerprint density at radius 3 is 2.88 bits per heavy atom. The third-order valence-corrected chi connectivity index (χ3v) is 3.07. The summed E-state index contributed by atoms with van der Waals surface area (Å²) < 4.78 is 5.37. The van der Waals surface area contributed by atoms with Crippen molar-refractivity contribution in [2.45, 2.75) is 19.6 Å². The van der Waals surface area contributed by atoms with Crippen LogP contribution in [0, 0.1) is 0 Å². The van der Waals surface area contributed by atoms with Crippen molar-refractivity contribution in [3.63, 3.8) is 0 Å². The van der Waals surface area contributed by atoms with Gasteiger partial charge in [0.05, 0.1) is 10.6 Å². The van der Waals surface area contributed by atoms with Gasteiger partial charge in [-0.3, -0.25) is 4.79 Å². The van der Waals surface area contributed by atoms with Crippen LogP contribution in [0.15, 0.2) is 18.2 Å². The molecule has 16 heavy (non-hydrogen) atoms. The van der Waals surface area contributed by atoms with E-state index in [9.17, 15) is 4.79 Å². The van der Waals surface area contributed by atoms with Gasteiger partial charge in [-0.1, -0.05) is 30.7 Å². The Labute approximate surface area is 100.0 Å². The van der Waals surface area contributed by atoms with Crippen molar-refractivity contribution in [1.82, 2.24) is 4.90 Å². The fourth-order valence-electron chi connectivity index (χ4n) is 2.10. The summed E-state index contributed by atoms with van der Waals surface area (Å²) in [5.74, 6) is -0.0331. The number of amides is 1. The number of ether oxygens (including phenoxy) is 1. The highest BCUT2D eigenvalue weighted by atomic mass is 35.5. The zero-order chi connectivity index (χ0) is 11.7. The van der Waals surface area contributed by atoms with Gasteiger partial charge in [-0.2, -0.15) is 0 Å². The average molecular weight is 240 g/mol. The summed E-state index contributed by atoms with van der Waals surface area (Å²) in [6.07, 6.45) is 0.609. The SMILES string of the molecule is CCCN1C(=O)c2c(Cl)cccc2C1OC. The van der Waals surface area contributed by atoms with E-state index >= 15 is 0 Å². The molecule has 1 aliphatic heterocycles. The van der Waals surface area contributed by atoms with E-state index in [4.69, 9.17) is 16.3 Å². The number of hydrogen-bond donors (Lipinski definition) is 0.